The van der Waals surface area contributed by atoms with Crippen LogP contribution in [0.25, 0.3) is 0 Å². The number of esters is 1. The molecule has 3 heteroatoms. The smallest absolute Gasteiger partial charge is 0.334 e. The van der Waals surface area contributed by atoms with Crippen LogP contribution in [0, 0.1) is 0 Å². The quantitative estimate of drug-likeness (QED) is 0.395. The first kappa shape index (κ1) is 14.8. The third-order valence-electron chi connectivity index (χ3n) is 2.59. The number of nitrogens with zero attached hydrogens (tertiary/aromatic N) is 1. The van der Waals surface area contributed by atoms with Gasteiger partial charge in [-0.2, -0.15) is 0 Å². The molecule has 92 valence electrons. The van der Waals surface area contributed by atoms with Gasteiger partial charge in [-0.25, -0.2) is 4.79 Å². The standard InChI is InChI=1S/C13H23NO2/c1-7-12(10(3)4)14(8-2)9-11(5)13(15)16-6/h9,12H,3,7-8H2,1-2,4-6H3/b11-9+. The Labute approximate surface area is 98.8 Å². The maximum absolute atomic E-state index is 11.3. The van der Waals surface area contributed by atoms with Crippen LogP contribution in [0.1, 0.15) is 34.1 Å². The highest BCUT2D eigenvalue weighted by Crippen LogP contribution is 2.14. The lowest BCUT2D eigenvalue weighted by Gasteiger charge is -2.29. The summed E-state index contributed by atoms with van der Waals surface area (Å²) in [6.07, 6.45) is 2.84. The number of carbonyl (C=O) groups is 1. The highest BCUT2D eigenvalue weighted by molar-refractivity contribution is 5.87. The van der Waals surface area contributed by atoms with Crippen molar-refractivity contribution in [2.75, 3.05) is 13.7 Å². The molecule has 0 aromatic heterocycles. The van der Waals surface area contributed by atoms with E-state index < -0.39 is 0 Å². The third kappa shape index (κ3) is 4.09. The van der Waals surface area contributed by atoms with E-state index in [0.717, 1.165) is 18.5 Å². The summed E-state index contributed by atoms with van der Waals surface area (Å²) in [6, 6.07) is 0.282. The summed E-state index contributed by atoms with van der Waals surface area (Å²) in [6.45, 7) is 12.8. The number of hydrogen-bond acceptors (Lipinski definition) is 3. The number of hydrogen-bond donors (Lipinski definition) is 0. The average molecular weight is 225 g/mol. The molecular weight excluding hydrogens is 202 g/mol. The molecule has 0 aliphatic rings. The first-order valence-electron chi connectivity index (χ1n) is 5.65. The molecule has 0 saturated heterocycles. The molecule has 3 nitrogen and oxygen atoms in total. The second kappa shape index (κ2) is 7.09. The van der Waals surface area contributed by atoms with Gasteiger partial charge in [-0.1, -0.05) is 19.1 Å². The summed E-state index contributed by atoms with van der Waals surface area (Å²) in [5.41, 5.74) is 1.72. The molecule has 1 unspecified atom stereocenters. The third-order valence-corrected chi connectivity index (χ3v) is 2.59. The van der Waals surface area contributed by atoms with Gasteiger partial charge in [0.25, 0.3) is 0 Å². The van der Waals surface area contributed by atoms with Crippen molar-refractivity contribution in [1.82, 2.24) is 4.90 Å². The fraction of sp³-hybridized carbons (Fsp3) is 0.615. The molecule has 0 amide bonds. The van der Waals surface area contributed by atoms with E-state index in [1.165, 1.54) is 7.11 Å². The number of rotatable bonds is 6. The summed E-state index contributed by atoms with van der Waals surface area (Å²) < 4.78 is 4.67. The zero-order chi connectivity index (χ0) is 12.7. The van der Waals surface area contributed by atoms with Crippen LogP contribution in [-0.2, 0) is 9.53 Å². The van der Waals surface area contributed by atoms with Crippen molar-refractivity contribution in [3.63, 3.8) is 0 Å². The van der Waals surface area contributed by atoms with Gasteiger partial charge in [0.15, 0.2) is 0 Å². The van der Waals surface area contributed by atoms with E-state index in [9.17, 15) is 4.79 Å². The molecule has 0 rings (SSSR count). The molecule has 0 fully saturated rings. The molecule has 1 atom stereocenters. The zero-order valence-corrected chi connectivity index (χ0v) is 11.0. The Balaban J connectivity index is 4.86. The Bertz CT molecular complexity index is 282. The molecule has 0 aromatic rings. The zero-order valence-electron chi connectivity index (χ0n) is 11.0. The second-order valence-corrected chi connectivity index (χ2v) is 3.90. The fourth-order valence-corrected chi connectivity index (χ4v) is 1.73. The molecule has 0 radical (unpaired) electrons. The highest BCUT2D eigenvalue weighted by Gasteiger charge is 2.14. The maximum atomic E-state index is 11.3. The Morgan fingerprint density at radius 2 is 2.00 bits per heavy atom. The highest BCUT2D eigenvalue weighted by atomic mass is 16.5. The minimum absolute atomic E-state index is 0.282. The molecule has 0 spiro atoms. The second-order valence-electron chi connectivity index (χ2n) is 3.90. The van der Waals surface area contributed by atoms with Crippen LogP contribution in [0.15, 0.2) is 23.9 Å². The van der Waals surface area contributed by atoms with Crippen molar-refractivity contribution in [3.8, 4) is 0 Å². The summed E-state index contributed by atoms with van der Waals surface area (Å²) in [4.78, 5) is 13.4. The molecule has 0 aromatic carbocycles. The molecule has 0 aliphatic carbocycles. The number of likely N-dealkylation sites (N-methyl/N-ethyl adjacent to an activating group) is 1. The van der Waals surface area contributed by atoms with E-state index in [1.807, 2.05) is 13.1 Å². The van der Waals surface area contributed by atoms with Crippen LogP contribution in [0.5, 0.6) is 0 Å². The van der Waals surface area contributed by atoms with Crippen molar-refractivity contribution in [1.29, 1.82) is 0 Å². The van der Waals surface area contributed by atoms with Gasteiger partial charge in [0.2, 0.25) is 0 Å². The topological polar surface area (TPSA) is 29.5 Å². The normalized spacial score (nSPS) is 13.2. The molecule has 16 heavy (non-hydrogen) atoms. The van der Waals surface area contributed by atoms with Gasteiger partial charge < -0.3 is 9.64 Å². The lowest BCUT2D eigenvalue weighted by molar-refractivity contribution is -0.136. The van der Waals surface area contributed by atoms with Gasteiger partial charge in [0, 0.05) is 24.4 Å². The van der Waals surface area contributed by atoms with E-state index in [-0.39, 0.29) is 12.0 Å². The van der Waals surface area contributed by atoms with E-state index in [2.05, 4.69) is 30.1 Å². The van der Waals surface area contributed by atoms with Gasteiger partial charge >= 0.3 is 5.97 Å². The van der Waals surface area contributed by atoms with E-state index in [1.54, 1.807) is 6.92 Å². The number of ether oxygens (including phenoxy) is 1. The molecule has 0 N–H and O–H groups in total. The first-order chi connectivity index (χ1) is 7.47. The predicted octanol–water partition coefficient (Wildman–Crippen LogP) is 2.74. The molecule has 0 aliphatic heterocycles. The SMILES string of the molecule is C=C(C)C(CC)N(/C=C(\C)C(=O)OC)CC. The minimum Gasteiger partial charge on any atom is -0.466 e. The van der Waals surface area contributed by atoms with Crippen molar-refractivity contribution in [2.45, 2.75) is 40.2 Å². The van der Waals surface area contributed by atoms with E-state index in [4.69, 9.17) is 0 Å². The molecule has 0 bridgehead atoms. The maximum Gasteiger partial charge on any atom is 0.334 e. The summed E-state index contributed by atoms with van der Waals surface area (Å²) in [7, 11) is 1.39. The lowest BCUT2D eigenvalue weighted by atomic mass is 10.1. The van der Waals surface area contributed by atoms with Crippen LogP contribution in [0.4, 0.5) is 0 Å². The number of carbonyl (C=O) groups excluding carboxylic acids is 1. The van der Waals surface area contributed by atoms with Crippen molar-refractivity contribution < 1.29 is 9.53 Å². The first-order valence-corrected chi connectivity index (χ1v) is 5.65. The Morgan fingerprint density at radius 1 is 1.44 bits per heavy atom. The monoisotopic (exact) mass is 225 g/mol. The van der Waals surface area contributed by atoms with Crippen molar-refractivity contribution in [3.05, 3.63) is 23.9 Å². The summed E-state index contributed by atoms with van der Waals surface area (Å²) in [5, 5.41) is 0. The lowest BCUT2D eigenvalue weighted by Crippen LogP contribution is -2.31. The molecule has 0 heterocycles. The minimum atomic E-state index is -0.282. The van der Waals surface area contributed by atoms with E-state index in [0.29, 0.717) is 5.57 Å². The largest absolute Gasteiger partial charge is 0.466 e. The molecular formula is C13H23NO2. The van der Waals surface area contributed by atoms with Crippen LogP contribution in [-0.4, -0.2) is 30.6 Å². The average Bonchev–Trinajstić information content (AvgIpc) is 2.26. The Hall–Kier alpha value is -1.25. The van der Waals surface area contributed by atoms with Crippen molar-refractivity contribution >= 4 is 5.97 Å². The van der Waals surface area contributed by atoms with Crippen molar-refractivity contribution in [2.24, 2.45) is 0 Å². The summed E-state index contributed by atoms with van der Waals surface area (Å²) in [5.74, 6) is -0.282. The fourth-order valence-electron chi connectivity index (χ4n) is 1.73. The van der Waals surface area contributed by atoms with Crippen LogP contribution in [0.3, 0.4) is 0 Å². The number of methoxy groups -OCH3 is 1. The van der Waals surface area contributed by atoms with Crippen LogP contribution < -0.4 is 0 Å². The van der Waals surface area contributed by atoms with Gasteiger partial charge in [-0.15, -0.1) is 0 Å². The van der Waals surface area contributed by atoms with Gasteiger partial charge in [0.1, 0.15) is 0 Å². The molecule has 0 saturated carbocycles. The summed E-state index contributed by atoms with van der Waals surface area (Å²) >= 11 is 0. The predicted molar refractivity (Wildman–Crippen MR) is 67.0 cm³/mol. The van der Waals surface area contributed by atoms with Gasteiger partial charge in [0.05, 0.1) is 7.11 Å². The van der Waals surface area contributed by atoms with Gasteiger partial charge in [-0.3, -0.25) is 0 Å². The van der Waals surface area contributed by atoms with E-state index >= 15 is 0 Å². The van der Waals surface area contributed by atoms with Crippen LogP contribution >= 0.6 is 0 Å². The Kier molecular flexibility index (Phi) is 6.54. The Morgan fingerprint density at radius 3 is 2.31 bits per heavy atom. The van der Waals surface area contributed by atoms with Crippen LogP contribution in [0.2, 0.25) is 0 Å². The van der Waals surface area contributed by atoms with Gasteiger partial charge in [-0.05, 0) is 27.2 Å².